The summed E-state index contributed by atoms with van der Waals surface area (Å²) in [6, 6.07) is 20.9. The van der Waals surface area contributed by atoms with Crippen LogP contribution in [0.2, 0.25) is 0 Å². The molecule has 2 rings (SSSR count). The second-order valence-corrected chi connectivity index (χ2v) is 3.50. The Kier molecular flexibility index (Phi) is 5.38. The van der Waals surface area contributed by atoms with Crippen LogP contribution in [-0.4, -0.2) is 0 Å². The summed E-state index contributed by atoms with van der Waals surface area (Å²) in [5.41, 5.74) is 2.61. The van der Waals surface area contributed by atoms with Crippen molar-refractivity contribution in [3.8, 4) is 0 Å². The van der Waals surface area contributed by atoms with Gasteiger partial charge in [0, 0.05) is 0 Å². The van der Waals surface area contributed by atoms with E-state index in [4.69, 9.17) is 0 Å². The highest BCUT2D eigenvalue weighted by Gasteiger charge is 1.86. The van der Waals surface area contributed by atoms with Gasteiger partial charge in [-0.3, -0.25) is 0 Å². The Bertz CT molecular complexity index is 418. The minimum atomic E-state index is 0. The lowest BCUT2D eigenvalue weighted by Crippen LogP contribution is -1.78. The molecule has 0 nitrogen and oxygen atoms in total. The van der Waals surface area contributed by atoms with Gasteiger partial charge in [0.2, 0.25) is 0 Å². The molecule has 0 N–H and O–H groups in total. The van der Waals surface area contributed by atoms with Crippen molar-refractivity contribution in [3.05, 3.63) is 77.9 Å². The molecule has 0 amide bonds. The summed E-state index contributed by atoms with van der Waals surface area (Å²) in [4.78, 5) is 0. The van der Waals surface area contributed by atoms with E-state index in [1.165, 1.54) is 11.1 Å². The summed E-state index contributed by atoms with van der Waals surface area (Å²) in [6.45, 7) is 0. The molecule has 0 aliphatic heterocycles. The topological polar surface area (TPSA) is 0 Å². The Labute approximate surface area is 103 Å². The van der Waals surface area contributed by atoms with Crippen LogP contribution in [0.15, 0.2) is 66.7 Å². The summed E-state index contributed by atoms with van der Waals surface area (Å²) < 4.78 is 0. The van der Waals surface area contributed by atoms with Crippen molar-refractivity contribution in [3.63, 3.8) is 0 Å². The van der Waals surface area contributed by atoms with Gasteiger partial charge in [-0.2, -0.15) is 0 Å². The molecule has 16 heavy (non-hydrogen) atoms. The Hall–Kier alpha value is -1.53. The average molecular weight is 231 g/mol. The van der Waals surface area contributed by atoms with Crippen molar-refractivity contribution in [1.82, 2.24) is 0 Å². The van der Waals surface area contributed by atoms with Gasteiger partial charge in [0.05, 0.1) is 0 Å². The van der Waals surface area contributed by atoms with Crippen molar-refractivity contribution in [2.75, 3.05) is 0 Å². The van der Waals surface area contributed by atoms with Gasteiger partial charge in [-0.05, 0) is 17.5 Å². The van der Waals surface area contributed by atoms with E-state index in [1.807, 2.05) is 12.1 Å². The van der Waals surface area contributed by atoms with E-state index >= 15 is 0 Å². The molecule has 82 valence electrons. The van der Waals surface area contributed by atoms with Crippen LogP contribution in [0.25, 0.3) is 6.08 Å². The maximum Gasteiger partial charge on any atom is -0.00941 e. The lowest BCUT2D eigenvalue weighted by Gasteiger charge is -1.94. The zero-order chi connectivity index (χ0) is 10.3. The maximum atomic E-state index is 2.20. The van der Waals surface area contributed by atoms with Crippen molar-refractivity contribution in [1.29, 1.82) is 0 Å². The van der Waals surface area contributed by atoms with Gasteiger partial charge in [-0.15, -0.1) is 12.4 Å². The molecule has 1 heteroatoms. The highest BCUT2D eigenvalue weighted by molar-refractivity contribution is 5.85. The molecule has 0 radical (unpaired) electrons. The lowest BCUT2D eigenvalue weighted by atomic mass is 10.1. The van der Waals surface area contributed by atoms with Gasteiger partial charge in [0.25, 0.3) is 0 Å². The predicted octanol–water partition coefficient (Wildman–Crippen LogP) is 4.36. The second kappa shape index (κ2) is 6.86. The van der Waals surface area contributed by atoms with Crippen LogP contribution in [0.4, 0.5) is 0 Å². The van der Waals surface area contributed by atoms with E-state index in [0.717, 1.165) is 6.42 Å². The fourth-order valence-corrected chi connectivity index (χ4v) is 1.51. The molecule has 0 spiro atoms. The molecule has 0 atom stereocenters. The van der Waals surface area contributed by atoms with Crippen molar-refractivity contribution >= 4 is 18.5 Å². The molecule has 0 unspecified atom stereocenters. The van der Waals surface area contributed by atoms with Crippen LogP contribution in [0.3, 0.4) is 0 Å². The van der Waals surface area contributed by atoms with E-state index in [9.17, 15) is 0 Å². The van der Waals surface area contributed by atoms with Gasteiger partial charge in [0.1, 0.15) is 0 Å². The zero-order valence-corrected chi connectivity index (χ0v) is 9.86. The van der Waals surface area contributed by atoms with E-state index in [-0.39, 0.29) is 12.4 Å². The molecular weight excluding hydrogens is 216 g/mol. The Morgan fingerprint density at radius 2 is 1.31 bits per heavy atom. The van der Waals surface area contributed by atoms with Crippen LogP contribution in [0.1, 0.15) is 11.1 Å². The van der Waals surface area contributed by atoms with E-state index in [2.05, 4.69) is 60.7 Å². The smallest absolute Gasteiger partial charge is 0.00941 e. The number of benzene rings is 2. The number of halogens is 1. The SMILES string of the molecule is C(=Cc1ccccc1)Cc1ccccc1.Cl. The molecule has 2 aromatic rings. The third-order valence-corrected chi connectivity index (χ3v) is 2.31. The van der Waals surface area contributed by atoms with Crippen molar-refractivity contribution in [2.24, 2.45) is 0 Å². The van der Waals surface area contributed by atoms with Gasteiger partial charge >= 0.3 is 0 Å². The highest BCUT2D eigenvalue weighted by Crippen LogP contribution is 2.04. The molecule has 2 aromatic carbocycles. The minimum absolute atomic E-state index is 0. The van der Waals surface area contributed by atoms with Crippen LogP contribution in [-0.2, 0) is 6.42 Å². The number of rotatable bonds is 3. The molecule has 0 aromatic heterocycles. The summed E-state index contributed by atoms with van der Waals surface area (Å²) in [5.74, 6) is 0. The first-order valence-corrected chi connectivity index (χ1v) is 5.21. The first kappa shape index (κ1) is 12.5. The number of hydrogen-bond donors (Lipinski definition) is 0. The molecule has 0 aliphatic rings. The fraction of sp³-hybridized carbons (Fsp3) is 0.0667. The normalized spacial score (nSPS) is 10.0. The second-order valence-electron chi connectivity index (χ2n) is 3.50. The standard InChI is InChI=1S/C15H14.ClH/c1-3-8-14(9-4-1)12-7-13-15-10-5-2-6-11-15;/h1-12H,13H2;1H. The maximum absolute atomic E-state index is 2.20. The third-order valence-electron chi connectivity index (χ3n) is 2.31. The molecule has 0 saturated carbocycles. The van der Waals surface area contributed by atoms with Crippen molar-refractivity contribution < 1.29 is 0 Å². The summed E-state index contributed by atoms with van der Waals surface area (Å²) in [6.07, 6.45) is 5.35. The van der Waals surface area contributed by atoms with Crippen LogP contribution in [0, 0.1) is 0 Å². The first-order chi connectivity index (χ1) is 7.45. The number of allylic oxidation sites excluding steroid dienone is 1. The molecular formula is C15H15Cl. The fourth-order valence-electron chi connectivity index (χ4n) is 1.51. The van der Waals surface area contributed by atoms with Crippen LogP contribution >= 0.6 is 12.4 Å². The number of hydrogen-bond acceptors (Lipinski definition) is 0. The lowest BCUT2D eigenvalue weighted by molar-refractivity contribution is 1.28. The quantitative estimate of drug-likeness (QED) is 0.735. The minimum Gasteiger partial charge on any atom is -0.147 e. The van der Waals surface area contributed by atoms with E-state index in [0.29, 0.717) is 0 Å². The summed E-state index contributed by atoms with van der Waals surface area (Å²) in [5, 5.41) is 0. The molecule has 0 saturated heterocycles. The molecule has 0 bridgehead atoms. The largest absolute Gasteiger partial charge is 0.147 e. The van der Waals surface area contributed by atoms with Crippen LogP contribution < -0.4 is 0 Å². The highest BCUT2D eigenvalue weighted by atomic mass is 35.5. The molecule has 0 heterocycles. The molecule has 0 fully saturated rings. The van der Waals surface area contributed by atoms with E-state index in [1.54, 1.807) is 0 Å². The van der Waals surface area contributed by atoms with Gasteiger partial charge in [-0.25, -0.2) is 0 Å². The predicted molar refractivity (Wildman–Crippen MR) is 72.9 cm³/mol. The Balaban J connectivity index is 0.00000128. The van der Waals surface area contributed by atoms with Gasteiger partial charge in [0.15, 0.2) is 0 Å². The monoisotopic (exact) mass is 230 g/mol. The zero-order valence-electron chi connectivity index (χ0n) is 9.04. The Morgan fingerprint density at radius 3 is 1.94 bits per heavy atom. The molecule has 0 aliphatic carbocycles. The summed E-state index contributed by atoms with van der Waals surface area (Å²) in [7, 11) is 0. The first-order valence-electron chi connectivity index (χ1n) is 5.21. The summed E-state index contributed by atoms with van der Waals surface area (Å²) >= 11 is 0. The van der Waals surface area contributed by atoms with Gasteiger partial charge in [-0.1, -0.05) is 72.8 Å². The van der Waals surface area contributed by atoms with Crippen LogP contribution in [0.5, 0.6) is 0 Å². The van der Waals surface area contributed by atoms with Crippen molar-refractivity contribution in [2.45, 2.75) is 6.42 Å². The average Bonchev–Trinajstić information content (AvgIpc) is 2.32. The third kappa shape index (κ3) is 3.92. The Morgan fingerprint density at radius 1 is 0.750 bits per heavy atom. The van der Waals surface area contributed by atoms with Gasteiger partial charge < -0.3 is 0 Å². The van der Waals surface area contributed by atoms with E-state index < -0.39 is 0 Å².